The summed E-state index contributed by atoms with van der Waals surface area (Å²) in [5.41, 5.74) is 1.55. The lowest BCUT2D eigenvalue weighted by Crippen LogP contribution is -2.29. The Kier molecular flexibility index (Phi) is 3.06. The molecule has 0 aromatic heterocycles. The maximum absolute atomic E-state index is 5.40. The summed E-state index contributed by atoms with van der Waals surface area (Å²) in [6.07, 6.45) is 3.52. The van der Waals surface area contributed by atoms with E-state index in [4.69, 9.17) is 9.47 Å². The summed E-state index contributed by atoms with van der Waals surface area (Å²) in [4.78, 5) is 0. The standard InChI is InChI=1S/C13H19NO2/c1-14-13(6-7-13)9-10-4-5-11(15-2)8-12(10)16-3/h4-5,8,14H,6-7,9H2,1-3H3. The molecule has 1 N–H and O–H groups in total. The van der Waals surface area contributed by atoms with Crippen molar-refractivity contribution in [1.29, 1.82) is 0 Å². The molecule has 1 saturated carbocycles. The van der Waals surface area contributed by atoms with Gasteiger partial charge in [-0.15, -0.1) is 0 Å². The first-order valence-corrected chi connectivity index (χ1v) is 5.63. The Labute approximate surface area is 96.8 Å². The van der Waals surface area contributed by atoms with Crippen LogP contribution in [0.15, 0.2) is 18.2 Å². The third-order valence-corrected chi connectivity index (χ3v) is 3.41. The van der Waals surface area contributed by atoms with Gasteiger partial charge in [0, 0.05) is 11.6 Å². The quantitative estimate of drug-likeness (QED) is 0.825. The van der Waals surface area contributed by atoms with E-state index in [0.29, 0.717) is 5.54 Å². The van der Waals surface area contributed by atoms with Crippen LogP contribution in [0.2, 0.25) is 0 Å². The predicted molar refractivity (Wildman–Crippen MR) is 64.3 cm³/mol. The summed E-state index contributed by atoms with van der Waals surface area (Å²) < 4.78 is 10.6. The third kappa shape index (κ3) is 2.14. The van der Waals surface area contributed by atoms with E-state index in [1.807, 2.05) is 19.2 Å². The molecule has 0 saturated heterocycles. The summed E-state index contributed by atoms with van der Waals surface area (Å²) >= 11 is 0. The van der Waals surface area contributed by atoms with E-state index in [-0.39, 0.29) is 0 Å². The number of rotatable bonds is 5. The van der Waals surface area contributed by atoms with Crippen LogP contribution < -0.4 is 14.8 Å². The fourth-order valence-corrected chi connectivity index (χ4v) is 2.03. The molecule has 16 heavy (non-hydrogen) atoms. The molecule has 0 heterocycles. The molecule has 88 valence electrons. The minimum absolute atomic E-state index is 0.307. The van der Waals surface area contributed by atoms with Gasteiger partial charge in [-0.3, -0.25) is 0 Å². The Balaban J connectivity index is 2.20. The molecule has 1 aromatic rings. The van der Waals surface area contributed by atoms with Gasteiger partial charge in [-0.25, -0.2) is 0 Å². The van der Waals surface area contributed by atoms with Gasteiger partial charge in [0.15, 0.2) is 0 Å². The molecule has 3 nitrogen and oxygen atoms in total. The molecule has 1 aliphatic carbocycles. The zero-order chi connectivity index (χ0) is 11.6. The first-order valence-electron chi connectivity index (χ1n) is 5.63. The lowest BCUT2D eigenvalue weighted by molar-refractivity contribution is 0.388. The Morgan fingerprint density at radius 1 is 1.25 bits per heavy atom. The van der Waals surface area contributed by atoms with Gasteiger partial charge in [0.2, 0.25) is 0 Å². The summed E-state index contributed by atoms with van der Waals surface area (Å²) in [6, 6.07) is 6.03. The number of likely N-dealkylation sites (N-methyl/N-ethyl adjacent to an activating group) is 1. The van der Waals surface area contributed by atoms with Gasteiger partial charge < -0.3 is 14.8 Å². The normalized spacial score (nSPS) is 16.9. The summed E-state index contributed by atoms with van der Waals surface area (Å²) in [5.74, 6) is 1.76. The number of hydrogen-bond acceptors (Lipinski definition) is 3. The van der Waals surface area contributed by atoms with E-state index in [9.17, 15) is 0 Å². The molecule has 0 aliphatic heterocycles. The third-order valence-electron chi connectivity index (χ3n) is 3.41. The van der Waals surface area contributed by atoms with Crippen molar-refractivity contribution in [2.75, 3.05) is 21.3 Å². The van der Waals surface area contributed by atoms with E-state index in [1.54, 1.807) is 14.2 Å². The van der Waals surface area contributed by atoms with Crippen molar-refractivity contribution in [3.8, 4) is 11.5 Å². The van der Waals surface area contributed by atoms with E-state index in [0.717, 1.165) is 17.9 Å². The Morgan fingerprint density at radius 3 is 2.50 bits per heavy atom. The van der Waals surface area contributed by atoms with Crippen LogP contribution in [-0.4, -0.2) is 26.8 Å². The molecular weight excluding hydrogens is 202 g/mol. The fraction of sp³-hybridized carbons (Fsp3) is 0.538. The fourth-order valence-electron chi connectivity index (χ4n) is 2.03. The van der Waals surface area contributed by atoms with Crippen LogP contribution in [0.1, 0.15) is 18.4 Å². The second-order valence-electron chi connectivity index (χ2n) is 4.38. The van der Waals surface area contributed by atoms with Crippen LogP contribution in [0, 0.1) is 0 Å². The average Bonchev–Trinajstić information content (AvgIpc) is 3.10. The smallest absolute Gasteiger partial charge is 0.125 e. The van der Waals surface area contributed by atoms with Gasteiger partial charge in [0.05, 0.1) is 14.2 Å². The second kappa shape index (κ2) is 4.34. The van der Waals surface area contributed by atoms with E-state index >= 15 is 0 Å². The summed E-state index contributed by atoms with van der Waals surface area (Å²) in [5, 5.41) is 3.39. The molecule has 0 spiro atoms. The lowest BCUT2D eigenvalue weighted by atomic mass is 10.0. The zero-order valence-electron chi connectivity index (χ0n) is 10.2. The Morgan fingerprint density at radius 2 is 2.00 bits per heavy atom. The monoisotopic (exact) mass is 221 g/mol. The van der Waals surface area contributed by atoms with E-state index in [1.165, 1.54) is 18.4 Å². The first kappa shape index (κ1) is 11.3. The molecule has 2 rings (SSSR count). The van der Waals surface area contributed by atoms with Crippen molar-refractivity contribution in [1.82, 2.24) is 5.32 Å². The highest BCUT2D eigenvalue weighted by atomic mass is 16.5. The summed E-state index contributed by atoms with van der Waals surface area (Å²) in [6.45, 7) is 0. The van der Waals surface area contributed by atoms with Crippen LogP contribution in [0.4, 0.5) is 0 Å². The number of nitrogens with one attached hydrogen (secondary N) is 1. The highest BCUT2D eigenvalue weighted by Gasteiger charge is 2.41. The van der Waals surface area contributed by atoms with E-state index in [2.05, 4.69) is 11.4 Å². The molecule has 0 atom stereocenters. The number of benzene rings is 1. The number of hydrogen-bond donors (Lipinski definition) is 1. The van der Waals surface area contributed by atoms with E-state index < -0.39 is 0 Å². The molecule has 0 amide bonds. The van der Waals surface area contributed by atoms with Crippen LogP contribution in [0.3, 0.4) is 0 Å². The van der Waals surface area contributed by atoms with Crippen LogP contribution in [-0.2, 0) is 6.42 Å². The number of ether oxygens (including phenoxy) is 2. The summed E-state index contributed by atoms with van der Waals surface area (Å²) in [7, 11) is 5.41. The largest absolute Gasteiger partial charge is 0.497 e. The molecular formula is C13H19NO2. The topological polar surface area (TPSA) is 30.5 Å². The highest BCUT2D eigenvalue weighted by Crippen LogP contribution is 2.40. The SMILES string of the molecule is CNC1(Cc2ccc(OC)cc2OC)CC1. The molecule has 3 heteroatoms. The Hall–Kier alpha value is -1.22. The Bertz CT molecular complexity index is 372. The molecule has 0 radical (unpaired) electrons. The average molecular weight is 221 g/mol. The molecule has 1 fully saturated rings. The van der Waals surface area contributed by atoms with Gasteiger partial charge in [-0.2, -0.15) is 0 Å². The second-order valence-corrected chi connectivity index (χ2v) is 4.38. The molecule has 0 bridgehead atoms. The highest BCUT2D eigenvalue weighted by molar-refractivity contribution is 5.42. The minimum Gasteiger partial charge on any atom is -0.497 e. The maximum Gasteiger partial charge on any atom is 0.125 e. The zero-order valence-corrected chi connectivity index (χ0v) is 10.2. The molecule has 1 aliphatic rings. The van der Waals surface area contributed by atoms with Crippen molar-refractivity contribution in [2.24, 2.45) is 0 Å². The van der Waals surface area contributed by atoms with Crippen LogP contribution in [0.25, 0.3) is 0 Å². The van der Waals surface area contributed by atoms with Crippen molar-refractivity contribution >= 4 is 0 Å². The molecule has 1 aromatic carbocycles. The van der Waals surface area contributed by atoms with Gasteiger partial charge in [0.1, 0.15) is 11.5 Å². The van der Waals surface area contributed by atoms with Gasteiger partial charge >= 0.3 is 0 Å². The van der Waals surface area contributed by atoms with Gasteiger partial charge in [0.25, 0.3) is 0 Å². The number of methoxy groups -OCH3 is 2. The van der Waals surface area contributed by atoms with Crippen molar-refractivity contribution in [3.63, 3.8) is 0 Å². The van der Waals surface area contributed by atoms with Crippen molar-refractivity contribution in [2.45, 2.75) is 24.8 Å². The van der Waals surface area contributed by atoms with Gasteiger partial charge in [-0.05, 0) is 37.9 Å². The van der Waals surface area contributed by atoms with Gasteiger partial charge in [-0.1, -0.05) is 6.07 Å². The minimum atomic E-state index is 0.307. The van der Waals surface area contributed by atoms with Crippen LogP contribution in [0.5, 0.6) is 11.5 Å². The first-order chi connectivity index (χ1) is 7.73. The molecule has 0 unspecified atom stereocenters. The predicted octanol–water partition coefficient (Wildman–Crippen LogP) is 2.00. The van der Waals surface area contributed by atoms with Crippen molar-refractivity contribution < 1.29 is 9.47 Å². The maximum atomic E-state index is 5.40. The lowest BCUT2D eigenvalue weighted by Gasteiger charge is -2.16. The van der Waals surface area contributed by atoms with Crippen LogP contribution >= 0.6 is 0 Å². The van der Waals surface area contributed by atoms with Crippen molar-refractivity contribution in [3.05, 3.63) is 23.8 Å².